The predicted octanol–water partition coefficient (Wildman–Crippen LogP) is 4.27. The van der Waals surface area contributed by atoms with Gasteiger partial charge in [-0.25, -0.2) is 0 Å². The largest absolute Gasteiger partial charge is 0.353 e. The lowest BCUT2D eigenvalue weighted by Crippen LogP contribution is -2.37. The Kier molecular flexibility index (Phi) is 6.53. The first-order valence-electron chi connectivity index (χ1n) is 8.78. The Morgan fingerprint density at radius 1 is 1.24 bits per heavy atom. The zero-order chi connectivity index (χ0) is 17.6. The molecule has 1 saturated carbocycles. The van der Waals surface area contributed by atoms with Gasteiger partial charge in [-0.3, -0.25) is 4.79 Å². The third-order valence-electron chi connectivity index (χ3n) is 4.44. The van der Waals surface area contributed by atoms with Crippen molar-refractivity contribution in [3.63, 3.8) is 0 Å². The summed E-state index contributed by atoms with van der Waals surface area (Å²) in [7, 11) is 0. The fraction of sp³-hybridized carbons (Fsp3) is 0.500. The summed E-state index contributed by atoms with van der Waals surface area (Å²) in [5.74, 6) is 1.31. The topological polar surface area (TPSA) is 59.8 Å². The molecule has 1 heterocycles. The predicted molar refractivity (Wildman–Crippen MR) is 105 cm³/mol. The SMILES string of the molecule is CCn1c(SCC(=O)NC2CCCCC2)nnc1-c1ccc(Br)cc1. The molecule has 25 heavy (non-hydrogen) atoms. The highest BCUT2D eigenvalue weighted by Gasteiger charge is 2.18. The molecule has 1 aromatic heterocycles. The van der Waals surface area contributed by atoms with Crippen molar-refractivity contribution in [1.82, 2.24) is 20.1 Å². The molecule has 7 heteroatoms. The second-order valence-electron chi connectivity index (χ2n) is 6.25. The van der Waals surface area contributed by atoms with Crippen LogP contribution >= 0.6 is 27.7 Å². The number of carbonyl (C=O) groups excluding carboxylic acids is 1. The molecule has 1 N–H and O–H groups in total. The van der Waals surface area contributed by atoms with Crippen LogP contribution in [0.15, 0.2) is 33.9 Å². The monoisotopic (exact) mass is 422 g/mol. The second-order valence-corrected chi connectivity index (χ2v) is 8.11. The fourth-order valence-electron chi connectivity index (χ4n) is 3.14. The van der Waals surface area contributed by atoms with Crippen LogP contribution in [0.5, 0.6) is 0 Å². The summed E-state index contributed by atoms with van der Waals surface area (Å²) in [6.07, 6.45) is 5.95. The van der Waals surface area contributed by atoms with Gasteiger partial charge < -0.3 is 9.88 Å². The van der Waals surface area contributed by atoms with Gasteiger partial charge in [-0.15, -0.1) is 10.2 Å². The maximum Gasteiger partial charge on any atom is 0.230 e. The molecule has 1 fully saturated rings. The molecule has 0 aliphatic heterocycles. The Labute approximate surface area is 161 Å². The summed E-state index contributed by atoms with van der Waals surface area (Å²) in [5, 5.41) is 12.6. The first-order chi connectivity index (χ1) is 12.2. The standard InChI is InChI=1S/C18H23BrN4OS/c1-2-23-17(13-8-10-14(19)11-9-13)21-22-18(23)25-12-16(24)20-15-6-4-3-5-7-15/h8-11,15H,2-7,12H2,1H3,(H,20,24). The van der Waals surface area contributed by atoms with Crippen molar-refractivity contribution in [3.8, 4) is 11.4 Å². The normalized spacial score (nSPS) is 15.3. The van der Waals surface area contributed by atoms with Gasteiger partial charge in [0.25, 0.3) is 0 Å². The van der Waals surface area contributed by atoms with E-state index in [0.29, 0.717) is 11.8 Å². The Morgan fingerprint density at radius 3 is 2.64 bits per heavy atom. The molecule has 0 saturated heterocycles. The number of nitrogens with zero attached hydrogens (tertiary/aromatic N) is 3. The van der Waals surface area contributed by atoms with E-state index in [1.807, 2.05) is 24.3 Å². The van der Waals surface area contributed by atoms with Crippen LogP contribution in [-0.2, 0) is 11.3 Å². The third kappa shape index (κ3) is 4.85. The zero-order valence-corrected chi connectivity index (χ0v) is 16.8. The zero-order valence-electron chi connectivity index (χ0n) is 14.4. The van der Waals surface area contributed by atoms with Crippen molar-refractivity contribution in [2.75, 3.05) is 5.75 Å². The van der Waals surface area contributed by atoms with E-state index in [9.17, 15) is 4.79 Å². The van der Waals surface area contributed by atoms with Gasteiger partial charge in [-0.2, -0.15) is 0 Å². The summed E-state index contributed by atoms with van der Waals surface area (Å²) < 4.78 is 3.09. The number of hydrogen-bond donors (Lipinski definition) is 1. The van der Waals surface area contributed by atoms with Crippen LogP contribution in [0.3, 0.4) is 0 Å². The van der Waals surface area contributed by atoms with Gasteiger partial charge in [0.1, 0.15) is 0 Å². The Balaban J connectivity index is 1.62. The molecule has 5 nitrogen and oxygen atoms in total. The van der Waals surface area contributed by atoms with Gasteiger partial charge in [0.15, 0.2) is 11.0 Å². The van der Waals surface area contributed by atoms with Crippen LogP contribution in [0.1, 0.15) is 39.0 Å². The molecular formula is C18H23BrN4OS. The quantitative estimate of drug-likeness (QED) is 0.705. The Bertz CT molecular complexity index is 710. The average molecular weight is 423 g/mol. The highest BCUT2D eigenvalue weighted by Crippen LogP contribution is 2.25. The number of thioether (sulfide) groups is 1. The fourth-order valence-corrected chi connectivity index (χ4v) is 4.22. The van der Waals surface area contributed by atoms with Crippen molar-refractivity contribution in [1.29, 1.82) is 0 Å². The van der Waals surface area contributed by atoms with Crippen LogP contribution in [0.4, 0.5) is 0 Å². The van der Waals surface area contributed by atoms with Crippen molar-refractivity contribution >= 4 is 33.6 Å². The van der Waals surface area contributed by atoms with E-state index in [0.717, 1.165) is 40.4 Å². The summed E-state index contributed by atoms with van der Waals surface area (Å²) in [6, 6.07) is 8.38. The van der Waals surface area contributed by atoms with E-state index in [4.69, 9.17) is 0 Å². The van der Waals surface area contributed by atoms with Crippen molar-refractivity contribution in [3.05, 3.63) is 28.7 Å². The lowest BCUT2D eigenvalue weighted by Gasteiger charge is -2.22. The van der Waals surface area contributed by atoms with E-state index >= 15 is 0 Å². The van der Waals surface area contributed by atoms with Crippen molar-refractivity contribution < 1.29 is 4.79 Å². The highest BCUT2D eigenvalue weighted by molar-refractivity contribution is 9.10. The molecule has 3 rings (SSSR count). The molecule has 0 spiro atoms. The average Bonchev–Trinajstić information content (AvgIpc) is 3.04. The number of halogens is 1. The molecule has 1 aliphatic rings. The minimum absolute atomic E-state index is 0.0905. The maximum atomic E-state index is 12.2. The summed E-state index contributed by atoms with van der Waals surface area (Å²) in [5.41, 5.74) is 1.02. The number of aromatic nitrogens is 3. The number of amides is 1. The number of nitrogens with one attached hydrogen (secondary N) is 1. The molecule has 2 aromatic rings. The summed E-state index contributed by atoms with van der Waals surface area (Å²) >= 11 is 4.90. The maximum absolute atomic E-state index is 12.2. The van der Waals surface area contributed by atoms with Crippen LogP contribution in [0.2, 0.25) is 0 Å². The molecule has 0 unspecified atom stereocenters. The number of carbonyl (C=O) groups is 1. The van der Waals surface area contributed by atoms with Crippen LogP contribution in [0, 0.1) is 0 Å². The van der Waals surface area contributed by atoms with E-state index in [2.05, 4.69) is 42.9 Å². The molecular weight excluding hydrogens is 400 g/mol. The van der Waals surface area contributed by atoms with Crippen molar-refractivity contribution in [2.24, 2.45) is 0 Å². The Hall–Kier alpha value is -1.34. The number of benzene rings is 1. The van der Waals surface area contributed by atoms with Crippen LogP contribution in [-0.4, -0.2) is 32.5 Å². The highest BCUT2D eigenvalue weighted by atomic mass is 79.9. The first-order valence-corrected chi connectivity index (χ1v) is 10.6. The van der Waals surface area contributed by atoms with Gasteiger partial charge >= 0.3 is 0 Å². The molecule has 0 bridgehead atoms. The van der Waals surface area contributed by atoms with E-state index in [1.165, 1.54) is 31.0 Å². The lowest BCUT2D eigenvalue weighted by atomic mass is 9.95. The molecule has 1 aliphatic carbocycles. The third-order valence-corrected chi connectivity index (χ3v) is 5.93. The summed E-state index contributed by atoms with van der Waals surface area (Å²) in [6.45, 7) is 2.84. The van der Waals surface area contributed by atoms with Gasteiger partial charge in [-0.1, -0.05) is 59.1 Å². The van der Waals surface area contributed by atoms with E-state index in [1.54, 1.807) is 0 Å². The van der Waals surface area contributed by atoms with Crippen molar-refractivity contribution in [2.45, 2.75) is 56.8 Å². The Morgan fingerprint density at radius 2 is 1.96 bits per heavy atom. The molecule has 1 amide bonds. The van der Waals surface area contributed by atoms with Gasteiger partial charge in [-0.05, 0) is 31.9 Å². The van der Waals surface area contributed by atoms with Gasteiger partial charge in [0, 0.05) is 22.6 Å². The van der Waals surface area contributed by atoms with Gasteiger partial charge in [0.05, 0.1) is 5.75 Å². The number of rotatable bonds is 6. The van der Waals surface area contributed by atoms with E-state index in [-0.39, 0.29) is 5.91 Å². The van der Waals surface area contributed by atoms with E-state index < -0.39 is 0 Å². The van der Waals surface area contributed by atoms with Crippen LogP contribution in [0.25, 0.3) is 11.4 Å². The second kappa shape index (κ2) is 8.85. The molecule has 1 aromatic carbocycles. The minimum atomic E-state index is 0.0905. The molecule has 0 radical (unpaired) electrons. The lowest BCUT2D eigenvalue weighted by molar-refractivity contribution is -0.119. The van der Waals surface area contributed by atoms with Gasteiger partial charge in [0.2, 0.25) is 5.91 Å². The minimum Gasteiger partial charge on any atom is -0.353 e. The smallest absolute Gasteiger partial charge is 0.230 e. The summed E-state index contributed by atoms with van der Waals surface area (Å²) in [4.78, 5) is 12.2. The molecule has 134 valence electrons. The molecule has 0 atom stereocenters. The van der Waals surface area contributed by atoms with Crippen LogP contribution < -0.4 is 5.32 Å². The first kappa shape index (κ1) is 18.5. The number of hydrogen-bond acceptors (Lipinski definition) is 4.